The first-order valence-corrected chi connectivity index (χ1v) is 7.28. The van der Waals surface area contributed by atoms with Crippen molar-refractivity contribution in [2.45, 2.75) is 13.8 Å². The van der Waals surface area contributed by atoms with Crippen LogP contribution in [0.2, 0.25) is 0 Å². The lowest BCUT2D eigenvalue weighted by Gasteiger charge is -2.20. The molecule has 1 aliphatic heterocycles. The first kappa shape index (κ1) is 15.0. The third-order valence-corrected chi connectivity index (χ3v) is 3.44. The van der Waals surface area contributed by atoms with E-state index in [0.717, 1.165) is 24.5 Å². The molecule has 0 radical (unpaired) electrons. The lowest BCUT2D eigenvalue weighted by molar-refractivity contribution is 0.581. The van der Waals surface area contributed by atoms with Crippen LogP contribution in [0.3, 0.4) is 0 Å². The van der Waals surface area contributed by atoms with E-state index in [1.165, 1.54) is 5.69 Å². The summed E-state index contributed by atoms with van der Waals surface area (Å²) in [4.78, 5) is 4.31. The fraction of sp³-hybridized carbons (Fsp3) is 0.294. The molecule has 1 aliphatic rings. The van der Waals surface area contributed by atoms with Crippen molar-refractivity contribution >= 4 is 11.4 Å². The molecule has 1 aromatic rings. The van der Waals surface area contributed by atoms with Gasteiger partial charge in [0.05, 0.1) is 17.6 Å². The lowest BCUT2D eigenvalue weighted by Crippen LogP contribution is -2.21. The molecule has 4 heteroatoms. The van der Waals surface area contributed by atoms with Crippen LogP contribution < -0.4 is 4.90 Å². The minimum atomic E-state index is 0.862. The summed E-state index contributed by atoms with van der Waals surface area (Å²) in [6, 6.07) is 8.17. The van der Waals surface area contributed by atoms with Crippen molar-refractivity contribution in [3.05, 3.63) is 60.6 Å². The number of rotatable bonds is 5. The van der Waals surface area contributed by atoms with Crippen molar-refractivity contribution in [1.29, 1.82) is 0 Å². The molecule has 0 unspecified atom stereocenters. The Labute approximate surface area is 126 Å². The first-order valence-electron chi connectivity index (χ1n) is 7.28. The van der Waals surface area contributed by atoms with Gasteiger partial charge in [-0.2, -0.15) is 10.2 Å². The molecule has 0 fully saturated rings. The Morgan fingerprint density at radius 2 is 1.81 bits per heavy atom. The Bertz CT molecular complexity index is 563. The number of allylic oxidation sites excluding steroid dienone is 3. The zero-order valence-corrected chi connectivity index (χ0v) is 12.9. The van der Waals surface area contributed by atoms with Gasteiger partial charge in [0, 0.05) is 32.0 Å². The summed E-state index contributed by atoms with van der Waals surface area (Å²) in [5.74, 6) is 0. The summed E-state index contributed by atoms with van der Waals surface area (Å²) in [6.45, 7) is 6.34. The van der Waals surface area contributed by atoms with E-state index in [0.29, 0.717) is 0 Å². The second-order valence-corrected chi connectivity index (χ2v) is 4.77. The van der Waals surface area contributed by atoms with Gasteiger partial charge in [0.2, 0.25) is 0 Å². The zero-order chi connectivity index (χ0) is 15.1. The highest BCUT2D eigenvalue weighted by atomic mass is 15.1. The van der Waals surface area contributed by atoms with Gasteiger partial charge < -0.3 is 9.80 Å². The lowest BCUT2D eigenvalue weighted by atomic mass is 10.2. The largest absolute Gasteiger partial charge is 0.372 e. The van der Waals surface area contributed by atoms with E-state index in [2.05, 4.69) is 41.1 Å². The zero-order valence-electron chi connectivity index (χ0n) is 12.9. The van der Waals surface area contributed by atoms with Crippen molar-refractivity contribution in [3.8, 4) is 0 Å². The van der Waals surface area contributed by atoms with Crippen LogP contribution in [0.4, 0.5) is 11.4 Å². The second-order valence-electron chi connectivity index (χ2n) is 4.77. The van der Waals surface area contributed by atoms with E-state index in [1.54, 1.807) is 6.20 Å². The fourth-order valence-corrected chi connectivity index (χ4v) is 2.14. The van der Waals surface area contributed by atoms with Gasteiger partial charge in [-0.1, -0.05) is 6.08 Å². The summed E-state index contributed by atoms with van der Waals surface area (Å²) in [7, 11) is 1.99. The first-order chi connectivity index (χ1) is 10.2. The minimum absolute atomic E-state index is 0.862. The van der Waals surface area contributed by atoms with Gasteiger partial charge in [0.1, 0.15) is 0 Å². The predicted molar refractivity (Wildman–Crippen MR) is 88.6 cm³/mol. The van der Waals surface area contributed by atoms with Gasteiger partial charge in [-0.3, -0.25) is 0 Å². The molecule has 0 aliphatic carbocycles. The van der Waals surface area contributed by atoms with Crippen LogP contribution in [0, 0.1) is 0 Å². The summed E-state index contributed by atoms with van der Waals surface area (Å²) in [6.07, 6.45) is 9.72. The molecule has 0 saturated carbocycles. The summed E-state index contributed by atoms with van der Waals surface area (Å²) in [5, 5.41) is 8.39. The van der Waals surface area contributed by atoms with Crippen LogP contribution in [0.1, 0.15) is 13.8 Å². The van der Waals surface area contributed by atoms with Crippen molar-refractivity contribution in [2.24, 2.45) is 10.2 Å². The van der Waals surface area contributed by atoms with E-state index in [9.17, 15) is 0 Å². The van der Waals surface area contributed by atoms with Crippen LogP contribution in [0.25, 0.3) is 0 Å². The van der Waals surface area contributed by atoms with E-state index in [4.69, 9.17) is 0 Å². The van der Waals surface area contributed by atoms with E-state index >= 15 is 0 Å². The number of anilines is 1. The number of benzene rings is 1. The molecule has 4 nitrogen and oxygen atoms in total. The molecule has 0 spiro atoms. The Morgan fingerprint density at radius 3 is 2.43 bits per heavy atom. The SMILES string of the molecule is CCN(CC)c1ccc(N=NC=C2C=CC=CN2C)cc1. The molecule has 1 aromatic carbocycles. The van der Waals surface area contributed by atoms with Gasteiger partial charge in [0.25, 0.3) is 0 Å². The third kappa shape index (κ3) is 4.05. The van der Waals surface area contributed by atoms with Crippen LogP contribution in [0.15, 0.2) is 70.8 Å². The van der Waals surface area contributed by atoms with Gasteiger partial charge in [-0.05, 0) is 50.3 Å². The predicted octanol–water partition coefficient (Wildman–Crippen LogP) is 4.47. The molecule has 1 heterocycles. The van der Waals surface area contributed by atoms with Gasteiger partial charge in [0.15, 0.2) is 0 Å². The molecule has 0 atom stereocenters. The summed E-state index contributed by atoms with van der Waals surface area (Å²) < 4.78 is 0. The van der Waals surface area contributed by atoms with Crippen LogP contribution in [-0.4, -0.2) is 25.0 Å². The maximum atomic E-state index is 4.23. The average Bonchev–Trinajstić information content (AvgIpc) is 2.52. The maximum Gasteiger partial charge on any atom is 0.0858 e. The summed E-state index contributed by atoms with van der Waals surface area (Å²) in [5.41, 5.74) is 3.10. The molecule has 21 heavy (non-hydrogen) atoms. The van der Waals surface area contributed by atoms with Crippen molar-refractivity contribution in [2.75, 3.05) is 25.0 Å². The maximum absolute atomic E-state index is 4.23. The minimum Gasteiger partial charge on any atom is -0.372 e. The van der Waals surface area contributed by atoms with Gasteiger partial charge in [-0.25, -0.2) is 0 Å². The summed E-state index contributed by atoms with van der Waals surface area (Å²) >= 11 is 0. The quantitative estimate of drug-likeness (QED) is 0.746. The molecule has 0 bridgehead atoms. The topological polar surface area (TPSA) is 31.2 Å². The van der Waals surface area contributed by atoms with Gasteiger partial charge in [-0.15, -0.1) is 0 Å². The molecule has 0 N–H and O–H groups in total. The standard InChI is InChI=1S/C17H22N4/c1-4-21(5-2)16-11-9-15(10-12-16)19-18-14-17-8-6-7-13-20(17)3/h6-14H,4-5H2,1-3H3. The Hall–Kier alpha value is -2.36. The second kappa shape index (κ2) is 7.43. The number of azo groups is 1. The molecular weight excluding hydrogens is 260 g/mol. The van der Waals surface area contributed by atoms with Crippen LogP contribution in [-0.2, 0) is 0 Å². The molecule has 110 valence electrons. The molecule has 0 amide bonds. The van der Waals surface area contributed by atoms with Gasteiger partial charge >= 0.3 is 0 Å². The molecular formula is C17H22N4. The van der Waals surface area contributed by atoms with Crippen molar-refractivity contribution in [1.82, 2.24) is 4.90 Å². The third-order valence-electron chi connectivity index (χ3n) is 3.44. The fourth-order valence-electron chi connectivity index (χ4n) is 2.14. The Morgan fingerprint density at radius 1 is 1.10 bits per heavy atom. The number of likely N-dealkylation sites (N-methyl/N-ethyl adjacent to an activating group) is 1. The van der Waals surface area contributed by atoms with E-state index in [-0.39, 0.29) is 0 Å². The van der Waals surface area contributed by atoms with Crippen LogP contribution in [0.5, 0.6) is 0 Å². The molecule has 0 aromatic heterocycles. The normalized spacial score (nSPS) is 16.1. The number of hydrogen-bond acceptors (Lipinski definition) is 4. The van der Waals surface area contributed by atoms with E-state index in [1.807, 2.05) is 48.5 Å². The monoisotopic (exact) mass is 282 g/mol. The smallest absolute Gasteiger partial charge is 0.0858 e. The van der Waals surface area contributed by atoms with Crippen LogP contribution >= 0.6 is 0 Å². The highest BCUT2D eigenvalue weighted by Crippen LogP contribution is 2.20. The Balaban J connectivity index is 2.03. The highest BCUT2D eigenvalue weighted by Gasteiger charge is 2.01. The number of hydrogen-bond donors (Lipinski definition) is 0. The molecule has 2 rings (SSSR count). The van der Waals surface area contributed by atoms with Crippen molar-refractivity contribution < 1.29 is 0 Å². The average molecular weight is 282 g/mol. The van der Waals surface area contributed by atoms with Crippen molar-refractivity contribution in [3.63, 3.8) is 0 Å². The number of nitrogens with zero attached hydrogens (tertiary/aromatic N) is 4. The molecule has 0 saturated heterocycles. The van der Waals surface area contributed by atoms with E-state index < -0.39 is 0 Å². The Kier molecular flexibility index (Phi) is 5.32. The highest BCUT2D eigenvalue weighted by molar-refractivity contribution is 5.52.